The lowest BCUT2D eigenvalue weighted by molar-refractivity contribution is 0.198. The quantitative estimate of drug-likeness (QED) is 0.679. The van der Waals surface area contributed by atoms with E-state index in [2.05, 4.69) is 41.5 Å². The van der Waals surface area contributed by atoms with Crippen LogP contribution in [0.4, 0.5) is 17.6 Å². The number of hydrogen-bond acceptors (Lipinski definition) is 8. The third-order valence-electron chi connectivity index (χ3n) is 4.89. The second-order valence-corrected chi connectivity index (χ2v) is 6.90. The van der Waals surface area contributed by atoms with E-state index in [4.69, 9.17) is 4.98 Å². The van der Waals surface area contributed by atoms with Crippen molar-refractivity contribution in [3.63, 3.8) is 0 Å². The van der Waals surface area contributed by atoms with Crippen LogP contribution in [0, 0.1) is 0 Å². The Balaban J connectivity index is 1.44. The Bertz CT molecular complexity index is 901. The minimum absolute atomic E-state index is 0.396. The van der Waals surface area contributed by atoms with Crippen molar-refractivity contribution in [1.82, 2.24) is 29.8 Å². The van der Waals surface area contributed by atoms with Crippen LogP contribution in [0.15, 0.2) is 49.2 Å². The molecule has 0 saturated carbocycles. The zero-order valence-electron chi connectivity index (χ0n) is 15.9. The molecule has 0 spiro atoms. The predicted octanol–water partition coefficient (Wildman–Crippen LogP) is 2.83. The maximum atomic E-state index is 4.75. The highest BCUT2D eigenvalue weighted by molar-refractivity contribution is 5.52. The van der Waals surface area contributed by atoms with Gasteiger partial charge in [-0.3, -0.25) is 9.88 Å². The van der Waals surface area contributed by atoms with E-state index in [0.717, 1.165) is 44.0 Å². The van der Waals surface area contributed by atoms with Gasteiger partial charge >= 0.3 is 0 Å². The van der Waals surface area contributed by atoms with Gasteiger partial charge in [-0.15, -0.1) is 0 Å². The number of hydrogen-bond donors (Lipinski definition) is 2. The summed E-state index contributed by atoms with van der Waals surface area (Å²) in [5, 5.41) is 6.17. The molecule has 1 aliphatic rings. The Morgan fingerprint density at radius 2 is 2.07 bits per heavy atom. The number of aromatic nitrogens is 5. The molecule has 144 valence electrons. The Morgan fingerprint density at radius 3 is 2.93 bits per heavy atom. The van der Waals surface area contributed by atoms with Gasteiger partial charge in [0.05, 0.1) is 5.69 Å². The second-order valence-electron chi connectivity index (χ2n) is 6.90. The fourth-order valence-corrected chi connectivity index (χ4v) is 3.53. The number of nitrogens with zero attached hydrogens (tertiary/aromatic N) is 6. The smallest absolute Gasteiger partial charge is 0.228 e. The van der Waals surface area contributed by atoms with Gasteiger partial charge in [0.2, 0.25) is 5.95 Å². The molecule has 8 nitrogen and oxygen atoms in total. The van der Waals surface area contributed by atoms with Gasteiger partial charge < -0.3 is 10.6 Å². The summed E-state index contributed by atoms with van der Waals surface area (Å²) in [7, 11) is 1.82. The first-order chi connectivity index (χ1) is 13.8. The third-order valence-corrected chi connectivity index (χ3v) is 4.89. The van der Waals surface area contributed by atoms with E-state index in [9.17, 15) is 0 Å². The molecule has 3 aromatic rings. The molecule has 0 aromatic carbocycles. The maximum absolute atomic E-state index is 4.75. The van der Waals surface area contributed by atoms with E-state index in [0.29, 0.717) is 17.7 Å². The lowest BCUT2D eigenvalue weighted by Crippen LogP contribution is -2.34. The Hall–Kier alpha value is -3.13. The zero-order valence-corrected chi connectivity index (χ0v) is 15.9. The summed E-state index contributed by atoms with van der Waals surface area (Å²) in [4.78, 5) is 24.1. The molecule has 3 aromatic heterocycles. The first-order valence-electron chi connectivity index (χ1n) is 9.51. The van der Waals surface area contributed by atoms with E-state index in [1.165, 1.54) is 11.9 Å². The molecular weight excluding hydrogens is 352 g/mol. The number of anilines is 3. The molecule has 4 rings (SSSR count). The van der Waals surface area contributed by atoms with Crippen LogP contribution < -0.4 is 10.6 Å². The summed E-state index contributed by atoms with van der Waals surface area (Å²) < 4.78 is 0. The van der Waals surface area contributed by atoms with Gasteiger partial charge in [-0.1, -0.05) is 6.07 Å². The van der Waals surface area contributed by atoms with Crippen molar-refractivity contribution in [2.24, 2.45) is 0 Å². The number of nitrogens with one attached hydrogen (secondary N) is 2. The molecule has 0 unspecified atom stereocenters. The summed E-state index contributed by atoms with van der Waals surface area (Å²) in [5.41, 5.74) is 2.31. The highest BCUT2D eigenvalue weighted by atomic mass is 15.2. The van der Waals surface area contributed by atoms with Crippen molar-refractivity contribution >= 4 is 17.6 Å². The van der Waals surface area contributed by atoms with Crippen molar-refractivity contribution in [3.05, 3.63) is 60.4 Å². The number of piperidine rings is 1. The molecule has 0 radical (unpaired) electrons. The van der Waals surface area contributed by atoms with Crippen molar-refractivity contribution in [3.8, 4) is 0 Å². The van der Waals surface area contributed by atoms with E-state index in [-0.39, 0.29) is 0 Å². The van der Waals surface area contributed by atoms with Crippen LogP contribution in [0.5, 0.6) is 0 Å². The predicted molar refractivity (Wildman–Crippen MR) is 108 cm³/mol. The Labute approximate surface area is 164 Å². The van der Waals surface area contributed by atoms with Crippen LogP contribution in [0.3, 0.4) is 0 Å². The van der Waals surface area contributed by atoms with Crippen LogP contribution in [0.25, 0.3) is 0 Å². The molecule has 0 amide bonds. The average Bonchev–Trinajstić information content (AvgIpc) is 2.75. The van der Waals surface area contributed by atoms with Gasteiger partial charge in [-0.2, -0.15) is 0 Å². The summed E-state index contributed by atoms with van der Waals surface area (Å²) in [6.45, 7) is 3.02. The van der Waals surface area contributed by atoms with Crippen molar-refractivity contribution in [2.45, 2.75) is 25.3 Å². The summed E-state index contributed by atoms with van der Waals surface area (Å²) >= 11 is 0. The standard InChI is InChI=1S/C20H24N8/c1-21-18-10-19(25-14-24-18)27-20-23-8-6-17(26-20)16-5-3-9-28(13-16)12-15-4-2-7-22-11-15/h2,4,6-8,10-11,14,16H,3,5,9,12-13H2,1H3,(H2,21,23,24,25,26,27)/t16-/m1/s1. The first-order valence-corrected chi connectivity index (χ1v) is 9.51. The van der Waals surface area contributed by atoms with Gasteiger partial charge in [-0.25, -0.2) is 19.9 Å². The lowest BCUT2D eigenvalue weighted by Gasteiger charge is -2.32. The second kappa shape index (κ2) is 8.71. The number of rotatable bonds is 6. The largest absolute Gasteiger partial charge is 0.373 e. The van der Waals surface area contributed by atoms with Crippen molar-refractivity contribution in [1.29, 1.82) is 0 Å². The highest BCUT2D eigenvalue weighted by Crippen LogP contribution is 2.27. The topological polar surface area (TPSA) is 91.8 Å². The van der Waals surface area contributed by atoms with Gasteiger partial charge in [0, 0.05) is 50.7 Å². The van der Waals surface area contributed by atoms with Gasteiger partial charge in [0.15, 0.2) is 0 Å². The molecule has 0 aliphatic carbocycles. The van der Waals surface area contributed by atoms with Crippen LogP contribution in [0.1, 0.15) is 30.0 Å². The third kappa shape index (κ3) is 4.58. The van der Waals surface area contributed by atoms with Gasteiger partial charge in [0.25, 0.3) is 0 Å². The van der Waals surface area contributed by atoms with E-state index >= 15 is 0 Å². The van der Waals surface area contributed by atoms with Crippen LogP contribution in [-0.4, -0.2) is 50.0 Å². The molecule has 1 saturated heterocycles. The van der Waals surface area contributed by atoms with Crippen LogP contribution >= 0.6 is 0 Å². The molecule has 4 heterocycles. The molecule has 0 bridgehead atoms. The van der Waals surface area contributed by atoms with Crippen LogP contribution in [-0.2, 0) is 6.54 Å². The van der Waals surface area contributed by atoms with Crippen molar-refractivity contribution < 1.29 is 0 Å². The molecule has 1 aliphatic heterocycles. The summed E-state index contributed by atoms with van der Waals surface area (Å²) in [5.74, 6) is 2.36. The number of pyridine rings is 1. The minimum Gasteiger partial charge on any atom is -0.373 e. The molecule has 28 heavy (non-hydrogen) atoms. The molecule has 2 N–H and O–H groups in total. The average molecular weight is 376 g/mol. The summed E-state index contributed by atoms with van der Waals surface area (Å²) in [6, 6.07) is 7.96. The van der Waals surface area contributed by atoms with E-state index in [1.807, 2.05) is 43.8 Å². The Kier molecular flexibility index (Phi) is 5.67. The fourth-order valence-electron chi connectivity index (χ4n) is 3.53. The SMILES string of the molecule is CNc1cc(Nc2nccc([C@@H]3CCCN(Cc4cccnc4)C3)n2)ncn1. The highest BCUT2D eigenvalue weighted by Gasteiger charge is 2.23. The lowest BCUT2D eigenvalue weighted by atomic mass is 9.94. The van der Waals surface area contributed by atoms with E-state index < -0.39 is 0 Å². The van der Waals surface area contributed by atoms with E-state index in [1.54, 1.807) is 0 Å². The van der Waals surface area contributed by atoms with Crippen molar-refractivity contribution in [2.75, 3.05) is 30.8 Å². The van der Waals surface area contributed by atoms with Crippen LogP contribution in [0.2, 0.25) is 0 Å². The Morgan fingerprint density at radius 1 is 1.14 bits per heavy atom. The molecule has 1 fully saturated rings. The van der Waals surface area contributed by atoms with Gasteiger partial charge in [-0.05, 0) is 37.1 Å². The van der Waals surface area contributed by atoms with Gasteiger partial charge in [0.1, 0.15) is 18.0 Å². The molecular formula is C20H24N8. The zero-order chi connectivity index (χ0) is 19.2. The molecule has 1 atom stereocenters. The first kappa shape index (κ1) is 18.2. The monoisotopic (exact) mass is 376 g/mol. The number of likely N-dealkylation sites (tertiary alicyclic amines) is 1. The minimum atomic E-state index is 0.396. The maximum Gasteiger partial charge on any atom is 0.228 e. The molecule has 8 heteroatoms. The summed E-state index contributed by atoms with van der Waals surface area (Å²) in [6.07, 6.45) is 9.37. The normalized spacial score (nSPS) is 17.2. The fraction of sp³-hybridized carbons (Fsp3) is 0.350.